The Morgan fingerprint density at radius 1 is 1.50 bits per heavy atom. The molecule has 0 amide bonds. The highest BCUT2D eigenvalue weighted by molar-refractivity contribution is 5.10. The summed E-state index contributed by atoms with van der Waals surface area (Å²) in [4.78, 5) is 0. The zero-order chi connectivity index (χ0) is 9.40. The summed E-state index contributed by atoms with van der Waals surface area (Å²) in [6, 6.07) is 0. The van der Waals surface area contributed by atoms with Crippen LogP contribution in [0.2, 0.25) is 0 Å². The third kappa shape index (κ3) is 9.44. The first-order chi connectivity index (χ1) is 5.63. The van der Waals surface area contributed by atoms with Gasteiger partial charge >= 0.3 is 0 Å². The van der Waals surface area contributed by atoms with Crippen LogP contribution >= 0.6 is 0 Å². The van der Waals surface area contributed by atoms with E-state index >= 15 is 0 Å². The minimum absolute atomic E-state index is 0.745. The van der Waals surface area contributed by atoms with Crippen LogP contribution in [0.4, 0.5) is 0 Å². The fourth-order valence-electron chi connectivity index (χ4n) is 0.861. The predicted octanol–water partition coefficient (Wildman–Crippen LogP) is 2.75. The molecule has 0 spiro atoms. The van der Waals surface area contributed by atoms with Crippen molar-refractivity contribution in [3.8, 4) is 0 Å². The minimum Gasteiger partial charge on any atom is -0.316 e. The summed E-state index contributed by atoms with van der Waals surface area (Å²) in [6.45, 7) is 12.4. The van der Waals surface area contributed by atoms with E-state index in [0.717, 1.165) is 31.0 Å². The van der Waals surface area contributed by atoms with Crippen molar-refractivity contribution in [3.63, 3.8) is 0 Å². The van der Waals surface area contributed by atoms with Gasteiger partial charge in [0.2, 0.25) is 0 Å². The molecular formula is C11H21N. The standard InChI is InChI=1S/C11H21N/c1-10(2)7-5-6-8-12-9-11(3)4/h5,7,11-12H,1,6,8-9H2,2-4H3. The van der Waals surface area contributed by atoms with Crippen LogP contribution < -0.4 is 5.32 Å². The van der Waals surface area contributed by atoms with Crippen molar-refractivity contribution in [2.75, 3.05) is 13.1 Å². The maximum Gasteiger partial charge on any atom is -0.00140 e. The molecule has 12 heavy (non-hydrogen) atoms. The summed E-state index contributed by atoms with van der Waals surface area (Å²) in [5.74, 6) is 0.745. The largest absolute Gasteiger partial charge is 0.316 e. The van der Waals surface area contributed by atoms with Gasteiger partial charge in [-0.3, -0.25) is 0 Å². The summed E-state index contributed by atoms with van der Waals surface area (Å²) >= 11 is 0. The van der Waals surface area contributed by atoms with Gasteiger partial charge < -0.3 is 5.32 Å². The van der Waals surface area contributed by atoms with E-state index in [1.54, 1.807) is 0 Å². The SMILES string of the molecule is C=C(C)C=CCCNCC(C)C. The molecule has 0 heterocycles. The molecule has 0 saturated carbocycles. The van der Waals surface area contributed by atoms with E-state index in [9.17, 15) is 0 Å². The van der Waals surface area contributed by atoms with Gasteiger partial charge in [0.15, 0.2) is 0 Å². The molecule has 0 aliphatic rings. The van der Waals surface area contributed by atoms with E-state index in [1.807, 2.05) is 6.92 Å². The van der Waals surface area contributed by atoms with Crippen LogP contribution in [-0.2, 0) is 0 Å². The molecule has 0 rings (SSSR count). The maximum atomic E-state index is 3.79. The Labute approximate surface area is 76.6 Å². The monoisotopic (exact) mass is 167 g/mol. The second-order valence-corrected chi connectivity index (χ2v) is 3.64. The Balaban J connectivity index is 3.16. The van der Waals surface area contributed by atoms with Gasteiger partial charge in [0.1, 0.15) is 0 Å². The number of allylic oxidation sites excluding steroid dienone is 2. The fourth-order valence-corrected chi connectivity index (χ4v) is 0.861. The van der Waals surface area contributed by atoms with Gasteiger partial charge in [0, 0.05) is 0 Å². The van der Waals surface area contributed by atoms with Crippen LogP contribution in [-0.4, -0.2) is 13.1 Å². The Morgan fingerprint density at radius 2 is 2.17 bits per heavy atom. The molecule has 1 heteroatoms. The second kappa shape index (κ2) is 7.11. The quantitative estimate of drug-likeness (QED) is 0.474. The average molecular weight is 167 g/mol. The first kappa shape index (κ1) is 11.4. The second-order valence-electron chi connectivity index (χ2n) is 3.64. The summed E-state index contributed by atoms with van der Waals surface area (Å²) < 4.78 is 0. The Morgan fingerprint density at radius 3 is 2.67 bits per heavy atom. The number of nitrogens with one attached hydrogen (secondary N) is 1. The highest BCUT2D eigenvalue weighted by atomic mass is 14.8. The van der Waals surface area contributed by atoms with Crippen LogP contribution in [0.5, 0.6) is 0 Å². The van der Waals surface area contributed by atoms with Crippen molar-refractivity contribution >= 4 is 0 Å². The lowest BCUT2D eigenvalue weighted by Gasteiger charge is -2.04. The van der Waals surface area contributed by atoms with Crippen molar-refractivity contribution in [3.05, 3.63) is 24.3 Å². The Bertz CT molecular complexity index is 145. The van der Waals surface area contributed by atoms with E-state index in [1.165, 1.54) is 0 Å². The Hall–Kier alpha value is -0.560. The molecule has 0 atom stereocenters. The first-order valence-electron chi connectivity index (χ1n) is 4.65. The highest BCUT2D eigenvalue weighted by Crippen LogP contribution is 1.91. The summed E-state index contributed by atoms with van der Waals surface area (Å²) in [6.07, 6.45) is 5.33. The third-order valence-electron chi connectivity index (χ3n) is 1.44. The molecule has 70 valence electrons. The van der Waals surface area contributed by atoms with E-state index < -0.39 is 0 Å². The minimum atomic E-state index is 0.745. The van der Waals surface area contributed by atoms with Gasteiger partial charge in [-0.1, -0.05) is 38.2 Å². The van der Waals surface area contributed by atoms with Crippen molar-refractivity contribution in [2.45, 2.75) is 27.2 Å². The first-order valence-corrected chi connectivity index (χ1v) is 4.65. The van der Waals surface area contributed by atoms with Gasteiger partial charge in [0.05, 0.1) is 0 Å². The summed E-state index contributed by atoms with van der Waals surface area (Å²) in [5, 5.41) is 3.38. The molecule has 0 aromatic rings. The van der Waals surface area contributed by atoms with Crippen molar-refractivity contribution in [1.82, 2.24) is 5.32 Å². The van der Waals surface area contributed by atoms with Gasteiger partial charge in [-0.05, 0) is 32.4 Å². The summed E-state index contributed by atoms with van der Waals surface area (Å²) in [5.41, 5.74) is 1.12. The molecule has 0 fully saturated rings. The zero-order valence-electron chi connectivity index (χ0n) is 8.56. The van der Waals surface area contributed by atoms with Crippen LogP contribution in [0.15, 0.2) is 24.3 Å². The number of hydrogen-bond acceptors (Lipinski definition) is 1. The highest BCUT2D eigenvalue weighted by Gasteiger charge is 1.89. The topological polar surface area (TPSA) is 12.0 Å². The van der Waals surface area contributed by atoms with Gasteiger partial charge in [-0.2, -0.15) is 0 Å². The van der Waals surface area contributed by atoms with Crippen molar-refractivity contribution < 1.29 is 0 Å². The van der Waals surface area contributed by atoms with Gasteiger partial charge in [-0.15, -0.1) is 0 Å². The van der Waals surface area contributed by atoms with Crippen molar-refractivity contribution in [1.29, 1.82) is 0 Å². The summed E-state index contributed by atoms with van der Waals surface area (Å²) in [7, 11) is 0. The smallest absolute Gasteiger partial charge is 0.00140 e. The molecule has 0 aliphatic heterocycles. The molecule has 0 bridgehead atoms. The van der Waals surface area contributed by atoms with Crippen LogP contribution in [0.3, 0.4) is 0 Å². The molecule has 1 N–H and O–H groups in total. The normalized spacial score (nSPS) is 11.3. The number of hydrogen-bond donors (Lipinski definition) is 1. The van der Waals surface area contributed by atoms with E-state index in [2.05, 4.69) is 37.9 Å². The number of rotatable bonds is 6. The third-order valence-corrected chi connectivity index (χ3v) is 1.44. The molecule has 0 aromatic heterocycles. The predicted molar refractivity (Wildman–Crippen MR) is 56.3 cm³/mol. The zero-order valence-corrected chi connectivity index (χ0v) is 8.56. The van der Waals surface area contributed by atoms with Gasteiger partial charge in [0.25, 0.3) is 0 Å². The molecule has 0 unspecified atom stereocenters. The van der Waals surface area contributed by atoms with E-state index in [0.29, 0.717) is 0 Å². The molecule has 1 nitrogen and oxygen atoms in total. The molecular weight excluding hydrogens is 146 g/mol. The molecule has 0 aromatic carbocycles. The molecule has 0 aliphatic carbocycles. The van der Waals surface area contributed by atoms with Crippen LogP contribution in [0, 0.1) is 5.92 Å². The average Bonchev–Trinajstić information content (AvgIpc) is 1.95. The lowest BCUT2D eigenvalue weighted by atomic mass is 10.2. The lowest BCUT2D eigenvalue weighted by Crippen LogP contribution is -2.20. The molecule has 0 saturated heterocycles. The van der Waals surface area contributed by atoms with E-state index in [4.69, 9.17) is 0 Å². The van der Waals surface area contributed by atoms with Crippen LogP contribution in [0.1, 0.15) is 27.2 Å². The van der Waals surface area contributed by atoms with E-state index in [-0.39, 0.29) is 0 Å². The van der Waals surface area contributed by atoms with Crippen LogP contribution in [0.25, 0.3) is 0 Å². The Kier molecular flexibility index (Phi) is 6.78. The lowest BCUT2D eigenvalue weighted by molar-refractivity contribution is 0.557. The van der Waals surface area contributed by atoms with Gasteiger partial charge in [-0.25, -0.2) is 0 Å². The molecule has 0 radical (unpaired) electrons. The fraction of sp³-hybridized carbons (Fsp3) is 0.636. The maximum absolute atomic E-state index is 3.79. The van der Waals surface area contributed by atoms with Crippen molar-refractivity contribution in [2.24, 2.45) is 5.92 Å².